The SMILES string of the molecule is CC(C)C(NN)C(C)S(C)(=O)=O. The molecule has 0 radical (unpaired) electrons. The summed E-state index contributed by atoms with van der Waals surface area (Å²) in [4.78, 5) is 0. The third-order valence-electron chi connectivity index (χ3n) is 2.09. The normalized spacial score (nSPS) is 17.8. The highest BCUT2D eigenvalue weighted by Gasteiger charge is 2.27. The Kier molecular flexibility index (Phi) is 4.16. The zero-order valence-electron chi connectivity index (χ0n) is 8.03. The molecule has 2 atom stereocenters. The van der Waals surface area contributed by atoms with Crippen molar-refractivity contribution in [3.05, 3.63) is 0 Å². The third-order valence-corrected chi connectivity index (χ3v) is 3.74. The van der Waals surface area contributed by atoms with Gasteiger partial charge in [-0.05, 0) is 12.8 Å². The topological polar surface area (TPSA) is 72.2 Å². The molecule has 2 unspecified atom stereocenters. The van der Waals surface area contributed by atoms with Gasteiger partial charge < -0.3 is 0 Å². The van der Waals surface area contributed by atoms with Gasteiger partial charge in [-0.25, -0.2) is 8.42 Å². The molecule has 0 aromatic rings. The minimum Gasteiger partial charge on any atom is -0.271 e. The molecule has 0 aromatic carbocycles. The predicted molar refractivity (Wildman–Crippen MR) is 50.3 cm³/mol. The summed E-state index contributed by atoms with van der Waals surface area (Å²) in [5.74, 6) is 5.46. The summed E-state index contributed by atoms with van der Waals surface area (Å²) in [6.45, 7) is 5.54. The molecule has 0 rings (SSSR count). The summed E-state index contributed by atoms with van der Waals surface area (Å²) in [5, 5.41) is -0.442. The number of hydrogen-bond donors (Lipinski definition) is 2. The maximum atomic E-state index is 11.1. The number of rotatable bonds is 4. The summed E-state index contributed by atoms with van der Waals surface area (Å²) >= 11 is 0. The lowest BCUT2D eigenvalue weighted by Crippen LogP contribution is -2.49. The van der Waals surface area contributed by atoms with E-state index in [1.54, 1.807) is 6.92 Å². The van der Waals surface area contributed by atoms with E-state index in [-0.39, 0.29) is 12.0 Å². The number of hydrazine groups is 1. The van der Waals surface area contributed by atoms with Gasteiger partial charge in [-0.1, -0.05) is 13.8 Å². The molecular weight excluding hydrogens is 176 g/mol. The van der Waals surface area contributed by atoms with Crippen molar-refractivity contribution in [2.45, 2.75) is 32.1 Å². The number of sulfone groups is 1. The van der Waals surface area contributed by atoms with Crippen LogP contribution in [-0.4, -0.2) is 26.0 Å². The van der Waals surface area contributed by atoms with Crippen molar-refractivity contribution in [3.8, 4) is 0 Å². The molecule has 12 heavy (non-hydrogen) atoms. The Labute approximate surface area is 74.4 Å². The fourth-order valence-corrected chi connectivity index (χ4v) is 2.06. The van der Waals surface area contributed by atoms with E-state index in [9.17, 15) is 8.42 Å². The van der Waals surface area contributed by atoms with Crippen LogP contribution in [0.3, 0.4) is 0 Å². The van der Waals surface area contributed by atoms with Gasteiger partial charge in [0.25, 0.3) is 0 Å². The summed E-state index contributed by atoms with van der Waals surface area (Å²) in [7, 11) is -3.00. The van der Waals surface area contributed by atoms with E-state index >= 15 is 0 Å². The molecule has 0 aromatic heterocycles. The van der Waals surface area contributed by atoms with Crippen LogP contribution in [0.15, 0.2) is 0 Å². The molecule has 4 nitrogen and oxygen atoms in total. The summed E-state index contributed by atoms with van der Waals surface area (Å²) < 4.78 is 22.3. The number of nitrogens with two attached hydrogens (primary N) is 1. The molecule has 0 spiro atoms. The van der Waals surface area contributed by atoms with Crippen LogP contribution in [0.2, 0.25) is 0 Å². The minimum absolute atomic E-state index is 0.181. The van der Waals surface area contributed by atoms with Crippen LogP contribution in [0.1, 0.15) is 20.8 Å². The molecule has 0 aliphatic rings. The van der Waals surface area contributed by atoms with Crippen LogP contribution >= 0.6 is 0 Å². The van der Waals surface area contributed by atoms with Crippen molar-refractivity contribution in [1.29, 1.82) is 0 Å². The molecule has 0 heterocycles. The van der Waals surface area contributed by atoms with E-state index in [1.165, 1.54) is 6.26 Å². The summed E-state index contributed by atoms with van der Waals surface area (Å²) in [6, 6.07) is -0.181. The summed E-state index contributed by atoms with van der Waals surface area (Å²) in [6.07, 6.45) is 1.23. The van der Waals surface area contributed by atoms with Crippen LogP contribution < -0.4 is 11.3 Å². The zero-order chi connectivity index (χ0) is 9.94. The Balaban J connectivity index is 4.54. The van der Waals surface area contributed by atoms with Gasteiger partial charge in [0.2, 0.25) is 0 Å². The Hall–Kier alpha value is -0.130. The van der Waals surface area contributed by atoms with E-state index in [4.69, 9.17) is 5.84 Å². The van der Waals surface area contributed by atoms with Gasteiger partial charge >= 0.3 is 0 Å². The fourth-order valence-electron chi connectivity index (χ4n) is 1.14. The zero-order valence-corrected chi connectivity index (χ0v) is 8.85. The molecular formula is C7H18N2O2S. The maximum Gasteiger partial charge on any atom is 0.151 e. The standard InChI is InChI=1S/C7H18N2O2S/c1-5(2)7(9-8)6(3)12(4,10)11/h5-7,9H,8H2,1-4H3. The molecule has 0 amide bonds. The van der Waals surface area contributed by atoms with E-state index in [0.29, 0.717) is 0 Å². The minimum atomic E-state index is -3.00. The van der Waals surface area contributed by atoms with Crippen LogP contribution in [-0.2, 0) is 9.84 Å². The highest BCUT2D eigenvalue weighted by atomic mass is 32.2. The monoisotopic (exact) mass is 194 g/mol. The Morgan fingerprint density at radius 3 is 1.75 bits per heavy atom. The highest BCUT2D eigenvalue weighted by molar-refractivity contribution is 7.91. The molecule has 3 N–H and O–H groups in total. The van der Waals surface area contributed by atoms with Crippen molar-refractivity contribution in [2.24, 2.45) is 11.8 Å². The van der Waals surface area contributed by atoms with E-state index < -0.39 is 15.1 Å². The van der Waals surface area contributed by atoms with Gasteiger partial charge in [0.1, 0.15) is 0 Å². The molecule has 5 heteroatoms. The van der Waals surface area contributed by atoms with Gasteiger partial charge in [-0.3, -0.25) is 11.3 Å². The van der Waals surface area contributed by atoms with Gasteiger partial charge in [0.15, 0.2) is 9.84 Å². The lowest BCUT2D eigenvalue weighted by Gasteiger charge is -2.25. The number of nitrogens with one attached hydrogen (secondary N) is 1. The van der Waals surface area contributed by atoms with Gasteiger partial charge in [0, 0.05) is 12.3 Å². The predicted octanol–water partition coefficient (Wildman–Crippen LogP) is -0.0926. The average molecular weight is 194 g/mol. The largest absolute Gasteiger partial charge is 0.271 e. The first kappa shape index (κ1) is 11.9. The molecule has 74 valence electrons. The van der Waals surface area contributed by atoms with E-state index in [2.05, 4.69) is 5.43 Å². The van der Waals surface area contributed by atoms with Crippen LogP contribution in [0.4, 0.5) is 0 Å². The van der Waals surface area contributed by atoms with Crippen molar-refractivity contribution in [3.63, 3.8) is 0 Å². The van der Waals surface area contributed by atoms with Crippen LogP contribution in [0.25, 0.3) is 0 Å². The van der Waals surface area contributed by atoms with Crippen molar-refractivity contribution in [2.75, 3.05) is 6.26 Å². The van der Waals surface area contributed by atoms with Crippen molar-refractivity contribution < 1.29 is 8.42 Å². The Morgan fingerprint density at radius 2 is 1.67 bits per heavy atom. The quantitative estimate of drug-likeness (QED) is 0.484. The summed E-state index contributed by atoms with van der Waals surface area (Å²) in [5.41, 5.74) is 2.53. The Morgan fingerprint density at radius 1 is 1.25 bits per heavy atom. The van der Waals surface area contributed by atoms with Crippen molar-refractivity contribution >= 4 is 9.84 Å². The second-order valence-electron chi connectivity index (χ2n) is 3.47. The van der Waals surface area contributed by atoms with E-state index in [1.807, 2.05) is 13.8 Å². The van der Waals surface area contributed by atoms with Crippen LogP contribution in [0.5, 0.6) is 0 Å². The van der Waals surface area contributed by atoms with Gasteiger partial charge in [0.05, 0.1) is 5.25 Å². The molecule has 0 saturated carbocycles. The maximum absolute atomic E-state index is 11.1. The molecule has 0 saturated heterocycles. The lowest BCUT2D eigenvalue weighted by molar-refractivity contribution is 0.394. The first-order valence-electron chi connectivity index (χ1n) is 3.95. The van der Waals surface area contributed by atoms with Crippen molar-refractivity contribution in [1.82, 2.24) is 5.43 Å². The second kappa shape index (κ2) is 4.20. The van der Waals surface area contributed by atoms with Crippen LogP contribution in [0, 0.1) is 5.92 Å². The first-order valence-corrected chi connectivity index (χ1v) is 5.91. The number of hydrogen-bond acceptors (Lipinski definition) is 4. The smallest absolute Gasteiger partial charge is 0.151 e. The first-order chi connectivity index (χ1) is 5.30. The van der Waals surface area contributed by atoms with E-state index in [0.717, 1.165) is 0 Å². The molecule has 0 fully saturated rings. The third kappa shape index (κ3) is 3.08. The fraction of sp³-hybridized carbons (Fsp3) is 1.00. The molecule has 0 bridgehead atoms. The molecule has 0 aliphatic heterocycles. The Bertz CT molecular complexity index is 224. The second-order valence-corrected chi connectivity index (χ2v) is 5.87. The highest BCUT2D eigenvalue weighted by Crippen LogP contribution is 2.11. The van der Waals surface area contributed by atoms with Gasteiger partial charge in [-0.2, -0.15) is 0 Å². The molecule has 0 aliphatic carbocycles. The average Bonchev–Trinajstić information content (AvgIpc) is 1.86. The van der Waals surface area contributed by atoms with Gasteiger partial charge in [-0.15, -0.1) is 0 Å². The lowest BCUT2D eigenvalue weighted by atomic mass is 10.0.